The van der Waals surface area contributed by atoms with E-state index in [0.29, 0.717) is 24.9 Å². The zero-order valence-corrected chi connectivity index (χ0v) is 26.3. The number of benzene rings is 2. The molecule has 0 aliphatic heterocycles. The second-order valence-electron chi connectivity index (χ2n) is 12.1. The molecular formula is C32H38Cl2N2O6. The van der Waals surface area contributed by atoms with E-state index in [4.69, 9.17) is 32.7 Å². The van der Waals surface area contributed by atoms with E-state index in [1.165, 1.54) is 7.11 Å². The fourth-order valence-corrected chi connectivity index (χ4v) is 5.54. The van der Waals surface area contributed by atoms with Crippen LogP contribution in [0.4, 0.5) is 5.69 Å². The molecule has 2 atom stereocenters. The van der Waals surface area contributed by atoms with Crippen molar-refractivity contribution in [2.45, 2.75) is 71.9 Å². The summed E-state index contributed by atoms with van der Waals surface area (Å²) in [5, 5.41) is 6.11. The molecule has 8 nitrogen and oxygen atoms in total. The van der Waals surface area contributed by atoms with Gasteiger partial charge in [-0.05, 0) is 75.3 Å². The van der Waals surface area contributed by atoms with Crippen LogP contribution in [-0.2, 0) is 30.3 Å². The Kier molecular flexibility index (Phi) is 10.8. The van der Waals surface area contributed by atoms with E-state index in [1.807, 2.05) is 34.6 Å². The first-order valence-electron chi connectivity index (χ1n) is 13.8. The summed E-state index contributed by atoms with van der Waals surface area (Å²) in [6.45, 7) is 9.45. The lowest BCUT2D eigenvalue weighted by atomic mass is 9.68. The van der Waals surface area contributed by atoms with Crippen LogP contribution >= 0.6 is 23.2 Å². The quantitative estimate of drug-likeness (QED) is 0.257. The molecular weight excluding hydrogens is 579 g/mol. The van der Waals surface area contributed by atoms with E-state index in [2.05, 4.69) is 10.6 Å². The van der Waals surface area contributed by atoms with Gasteiger partial charge in [0.15, 0.2) is 0 Å². The van der Waals surface area contributed by atoms with Crippen LogP contribution in [0.2, 0.25) is 10.0 Å². The Morgan fingerprint density at radius 1 is 1.05 bits per heavy atom. The van der Waals surface area contributed by atoms with E-state index in [0.717, 1.165) is 11.1 Å². The average molecular weight is 618 g/mol. The smallest absolute Gasteiger partial charge is 0.331 e. The number of rotatable bonds is 8. The normalized spacial score (nSPS) is 18.1. The molecule has 3 rings (SSSR count). The molecule has 0 radical (unpaired) electrons. The number of nitrogens with one attached hydrogen (secondary N) is 2. The third kappa shape index (κ3) is 9.07. The number of hydrogen-bond donors (Lipinski definition) is 2. The third-order valence-corrected chi connectivity index (χ3v) is 7.73. The van der Waals surface area contributed by atoms with Gasteiger partial charge in [0.1, 0.15) is 11.6 Å². The largest absolute Gasteiger partial charge is 0.467 e. The summed E-state index contributed by atoms with van der Waals surface area (Å²) in [4.78, 5) is 50.9. The summed E-state index contributed by atoms with van der Waals surface area (Å²) in [6, 6.07) is 10.8. The van der Waals surface area contributed by atoms with Crippen molar-refractivity contribution in [1.29, 1.82) is 0 Å². The molecule has 0 heterocycles. The second-order valence-corrected chi connectivity index (χ2v) is 12.9. The molecule has 0 spiro atoms. The van der Waals surface area contributed by atoms with Crippen LogP contribution in [0, 0.1) is 11.3 Å². The van der Waals surface area contributed by atoms with Gasteiger partial charge in [0.05, 0.1) is 22.7 Å². The van der Waals surface area contributed by atoms with Gasteiger partial charge in [-0.25, -0.2) is 9.59 Å². The summed E-state index contributed by atoms with van der Waals surface area (Å²) < 4.78 is 10.4. The van der Waals surface area contributed by atoms with Crippen LogP contribution in [0.1, 0.15) is 69.8 Å². The van der Waals surface area contributed by atoms with E-state index in [-0.39, 0.29) is 33.9 Å². The van der Waals surface area contributed by atoms with Gasteiger partial charge in [-0.3, -0.25) is 9.59 Å². The Hall–Kier alpha value is -3.36. The number of hydrogen-bond acceptors (Lipinski definition) is 6. The van der Waals surface area contributed by atoms with E-state index in [9.17, 15) is 19.2 Å². The van der Waals surface area contributed by atoms with Crippen LogP contribution in [0.15, 0.2) is 54.1 Å². The minimum absolute atomic E-state index is 0.178. The first-order chi connectivity index (χ1) is 19.6. The number of carbonyl (C=O) groups is 4. The van der Waals surface area contributed by atoms with Gasteiger partial charge >= 0.3 is 11.9 Å². The van der Waals surface area contributed by atoms with Gasteiger partial charge in [0.25, 0.3) is 5.91 Å². The molecule has 2 amide bonds. The minimum atomic E-state index is -0.897. The maximum absolute atomic E-state index is 13.3. The molecule has 10 heteroatoms. The zero-order chi connectivity index (χ0) is 31.2. The highest BCUT2D eigenvalue weighted by atomic mass is 35.5. The number of anilines is 1. The maximum atomic E-state index is 13.3. The van der Waals surface area contributed by atoms with Gasteiger partial charge < -0.3 is 20.1 Å². The number of ether oxygens (including phenoxy) is 2. The van der Waals surface area contributed by atoms with Crippen LogP contribution in [0.25, 0.3) is 0 Å². The average Bonchev–Trinajstić information content (AvgIpc) is 2.88. The molecule has 0 saturated heterocycles. The number of methoxy groups -OCH3 is 1. The van der Waals surface area contributed by atoms with Crippen molar-refractivity contribution in [2.75, 3.05) is 12.4 Å². The first-order valence-corrected chi connectivity index (χ1v) is 14.5. The minimum Gasteiger partial charge on any atom is -0.467 e. The summed E-state index contributed by atoms with van der Waals surface area (Å²) in [6.07, 6.45) is 3.38. The van der Waals surface area contributed by atoms with Crippen molar-refractivity contribution in [2.24, 2.45) is 11.3 Å². The van der Waals surface area contributed by atoms with Crippen molar-refractivity contribution in [3.63, 3.8) is 0 Å². The maximum Gasteiger partial charge on any atom is 0.331 e. The highest BCUT2D eigenvalue weighted by Crippen LogP contribution is 2.43. The molecule has 0 bridgehead atoms. The first kappa shape index (κ1) is 33.1. The van der Waals surface area contributed by atoms with Crippen molar-refractivity contribution >= 4 is 52.6 Å². The summed E-state index contributed by atoms with van der Waals surface area (Å²) in [7, 11) is 1.28. The van der Waals surface area contributed by atoms with E-state index < -0.39 is 34.9 Å². The van der Waals surface area contributed by atoms with E-state index in [1.54, 1.807) is 48.5 Å². The lowest BCUT2D eigenvalue weighted by molar-refractivity contribution is -0.148. The lowest BCUT2D eigenvalue weighted by Gasteiger charge is -2.37. The van der Waals surface area contributed by atoms with Gasteiger partial charge in [0, 0.05) is 24.1 Å². The predicted molar refractivity (Wildman–Crippen MR) is 164 cm³/mol. The number of amides is 2. The van der Waals surface area contributed by atoms with Crippen LogP contribution in [-0.4, -0.2) is 42.5 Å². The zero-order valence-electron chi connectivity index (χ0n) is 24.8. The van der Waals surface area contributed by atoms with E-state index >= 15 is 0 Å². The number of carbonyl (C=O) groups excluding carboxylic acids is 4. The fraction of sp³-hybridized carbons (Fsp3) is 0.438. The lowest BCUT2D eigenvalue weighted by Crippen LogP contribution is -2.47. The van der Waals surface area contributed by atoms with Gasteiger partial charge in [-0.2, -0.15) is 0 Å². The van der Waals surface area contributed by atoms with Gasteiger partial charge in [-0.15, -0.1) is 0 Å². The Morgan fingerprint density at radius 3 is 2.21 bits per heavy atom. The van der Waals surface area contributed by atoms with Crippen LogP contribution < -0.4 is 10.6 Å². The summed E-state index contributed by atoms with van der Waals surface area (Å²) in [5.41, 5.74) is 1.40. The number of esters is 2. The molecule has 2 aromatic carbocycles. The molecule has 1 aliphatic carbocycles. The molecule has 1 fully saturated rings. The van der Waals surface area contributed by atoms with Crippen LogP contribution in [0.3, 0.4) is 0 Å². The Bertz CT molecular complexity index is 1340. The SMILES string of the molecule is COC(=O)[C@H](Cc1ccc(NC(=O)c2c(Cl)cccc2Cl)cc1)NC(=O)C1CC/C(=C\C(=O)OC(C)(C)C)C(C)(C)C1. The number of halogens is 2. The van der Waals surface area contributed by atoms with Crippen molar-refractivity contribution in [1.82, 2.24) is 5.32 Å². The second kappa shape index (κ2) is 13.7. The molecule has 42 heavy (non-hydrogen) atoms. The molecule has 2 aromatic rings. The monoisotopic (exact) mass is 616 g/mol. The van der Waals surface area contributed by atoms with Crippen LogP contribution in [0.5, 0.6) is 0 Å². The molecule has 0 aromatic heterocycles. The Balaban J connectivity index is 1.64. The fourth-order valence-electron chi connectivity index (χ4n) is 4.98. The molecule has 2 N–H and O–H groups in total. The molecule has 1 aliphatic rings. The van der Waals surface area contributed by atoms with Gasteiger partial charge in [0.2, 0.25) is 5.91 Å². The number of allylic oxidation sites excluding steroid dienone is 1. The topological polar surface area (TPSA) is 111 Å². The van der Waals surface area contributed by atoms with Crippen molar-refractivity contribution in [3.05, 3.63) is 75.3 Å². The van der Waals surface area contributed by atoms with Gasteiger partial charge in [-0.1, -0.05) is 60.8 Å². The summed E-state index contributed by atoms with van der Waals surface area (Å²) in [5.74, 6) is -1.97. The van der Waals surface area contributed by atoms with Crippen molar-refractivity contribution < 1.29 is 28.7 Å². The Labute approximate surface area is 257 Å². The third-order valence-electron chi connectivity index (χ3n) is 7.10. The predicted octanol–water partition coefficient (Wildman–Crippen LogP) is 6.54. The molecule has 226 valence electrons. The molecule has 1 saturated carbocycles. The van der Waals surface area contributed by atoms with Crippen molar-refractivity contribution in [3.8, 4) is 0 Å². The standard InChI is InChI=1S/C32H38Cl2N2O6/c1-31(2,3)42-26(37)17-21-13-12-20(18-32(21,4)5)28(38)36-25(30(40)41-6)16-19-10-14-22(15-11-19)35-29(39)27-23(33)8-7-9-24(27)34/h7-11,14-15,17,20,25H,12-13,16,18H2,1-6H3,(H,35,39)(H,36,38)/b21-17+/t20?,25-/m0/s1. The highest BCUT2D eigenvalue weighted by Gasteiger charge is 2.37. The summed E-state index contributed by atoms with van der Waals surface area (Å²) >= 11 is 12.3. The Morgan fingerprint density at radius 2 is 1.67 bits per heavy atom. The molecule has 1 unspecified atom stereocenters. The highest BCUT2D eigenvalue weighted by molar-refractivity contribution is 6.40.